The molecule has 0 spiro atoms. The quantitative estimate of drug-likeness (QED) is 0.851. The van der Waals surface area contributed by atoms with Crippen molar-refractivity contribution in [2.45, 2.75) is 0 Å². The first-order chi connectivity index (χ1) is 9.20. The lowest BCUT2D eigenvalue weighted by molar-refractivity contribution is 0.0931. The topological polar surface area (TPSA) is 56.1 Å². The second kappa shape index (κ2) is 6.36. The Morgan fingerprint density at radius 3 is 3.05 bits per heavy atom. The molecule has 19 heavy (non-hydrogen) atoms. The van der Waals surface area contributed by atoms with Crippen LogP contribution in [0, 0.1) is 0 Å². The molecule has 1 aromatic carbocycles. The summed E-state index contributed by atoms with van der Waals surface area (Å²) >= 11 is 5.91. The van der Waals surface area contributed by atoms with Crippen molar-refractivity contribution < 1.29 is 9.53 Å². The fourth-order valence-corrected chi connectivity index (χ4v) is 1.75. The zero-order chi connectivity index (χ0) is 13.7. The van der Waals surface area contributed by atoms with E-state index < -0.39 is 0 Å². The molecule has 2 aromatic rings. The van der Waals surface area contributed by atoms with Gasteiger partial charge in [0.1, 0.15) is 0 Å². The minimum atomic E-state index is -0.224. The number of benzene rings is 1. The highest BCUT2D eigenvalue weighted by atomic mass is 35.5. The van der Waals surface area contributed by atoms with Crippen LogP contribution in [0.3, 0.4) is 0 Å². The van der Waals surface area contributed by atoms with Crippen molar-refractivity contribution in [2.75, 3.05) is 20.3 Å². The summed E-state index contributed by atoms with van der Waals surface area (Å²) in [5.41, 5.74) is 1.17. The summed E-state index contributed by atoms with van der Waals surface area (Å²) < 4.78 is 6.47. The normalized spacial score (nSPS) is 10.4. The predicted molar refractivity (Wildman–Crippen MR) is 72.8 cm³/mol. The van der Waals surface area contributed by atoms with Gasteiger partial charge in [-0.05, 0) is 24.3 Å². The van der Waals surface area contributed by atoms with E-state index in [9.17, 15) is 4.79 Å². The minimum Gasteiger partial charge on any atom is -0.383 e. The van der Waals surface area contributed by atoms with Gasteiger partial charge < -0.3 is 10.1 Å². The van der Waals surface area contributed by atoms with E-state index in [4.69, 9.17) is 16.3 Å². The summed E-state index contributed by atoms with van der Waals surface area (Å²) in [5, 5.41) is 7.54. The molecule has 5 nitrogen and oxygen atoms in total. The molecule has 0 saturated heterocycles. The number of halogens is 1. The highest BCUT2D eigenvalue weighted by Crippen LogP contribution is 2.14. The summed E-state index contributed by atoms with van der Waals surface area (Å²) in [7, 11) is 1.58. The van der Waals surface area contributed by atoms with Gasteiger partial charge in [0.05, 0.1) is 12.3 Å². The number of amides is 1. The SMILES string of the molecule is COCCNC(=O)c1ccn(-c2cccc(Cl)c2)n1. The molecular formula is C13H14ClN3O2. The van der Waals surface area contributed by atoms with Crippen molar-refractivity contribution in [3.63, 3.8) is 0 Å². The number of aromatic nitrogens is 2. The summed E-state index contributed by atoms with van der Waals surface area (Å²) in [5.74, 6) is -0.224. The Hall–Kier alpha value is -1.85. The maximum Gasteiger partial charge on any atom is 0.271 e. The molecule has 6 heteroatoms. The van der Waals surface area contributed by atoms with E-state index in [1.54, 1.807) is 36.2 Å². The molecule has 0 fully saturated rings. The zero-order valence-electron chi connectivity index (χ0n) is 10.5. The molecule has 1 heterocycles. The second-order valence-corrected chi connectivity index (χ2v) is 4.31. The standard InChI is InChI=1S/C13H14ClN3O2/c1-19-8-6-15-13(18)12-5-7-17(16-12)11-4-2-3-10(14)9-11/h2-5,7,9H,6,8H2,1H3,(H,15,18). The summed E-state index contributed by atoms with van der Waals surface area (Å²) in [4.78, 5) is 11.8. The van der Waals surface area contributed by atoms with Gasteiger partial charge in [-0.1, -0.05) is 17.7 Å². The van der Waals surface area contributed by atoms with Crippen LogP contribution in [0.2, 0.25) is 5.02 Å². The van der Waals surface area contributed by atoms with Crippen LogP contribution in [-0.4, -0.2) is 35.9 Å². The number of carbonyl (C=O) groups excluding carboxylic acids is 1. The molecule has 0 radical (unpaired) electrons. The lowest BCUT2D eigenvalue weighted by atomic mass is 10.3. The van der Waals surface area contributed by atoms with Crippen LogP contribution in [0.1, 0.15) is 10.5 Å². The van der Waals surface area contributed by atoms with Crippen molar-refractivity contribution in [3.8, 4) is 5.69 Å². The van der Waals surface area contributed by atoms with Gasteiger partial charge in [0.15, 0.2) is 5.69 Å². The molecule has 1 amide bonds. The number of carbonyl (C=O) groups is 1. The van der Waals surface area contributed by atoms with E-state index in [1.165, 1.54) is 0 Å². The third-order valence-electron chi connectivity index (χ3n) is 2.49. The van der Waals surface area contributed by atoms with Crippen molar-refractivity contribution in [2.24, 2.45) is 0 Å². The fraction of sp³-hybridized carbons (Fsp3) is 0.231. The minimum absolute atomic E-state index is 0.224. The van der Waals surface area contributed by atoms with Crippen molar-refractivity contribution in [3.05, 3.63) is 47.2 Å². The van der Waals surface area contributed by atoms with Crippen molar-refractivity contribution >= 4 is 17.5 Å². The van der Waals surface area contributed by atoms with Crippen LogP contribution >= 0.6 is 11.6 Å². The molecule has 0 aliphatic carbocycles. The Bertz CT molecular complexity index is 569. The van der Waals surface area contributed by atoms with E-state index in [-0.39, 0.29) is 5.91 Å². The number of ether oxygens (including phenoxy) is 1. The third-order valence-corrected chi connectivity index (χ3v) is 2.72. The van der Waals surface area contributed by atoms with Crippen LogP contribution < -0.4 is 5.32 Å². The van der Waals surface area contributed by atoms with E-state index in [2.05, 4.69) is 10.4 Å². The zero-order valence-corrected chi connectivity index (χ0v) is 11.2. The lowest BCUT2D eigenvalue weighted by Gasteiger charge is -2.02. The Kier molecular flexibility index (Phi) is 4.54. The first kappa shape index (κ1) is 13.6. The Morgan fingerprint density at radius 2 is 2.32 bits per heavy atom. The molecule has 100 valence electrons. The average molecular weight is 280 g/mol. The number of hydrogen-bond acceptors (Lipinski definition) is 3. The van der Waals surface area contributed by atoms with Crippen LogP contribution in [0.5, 0.6) is 0 Å². The van der Waals surface area contributed by atoms with Gasteiger partial charge in [-0.3, -0.25) is 4.79 Å². The van der Waals surface area contributed by atoms with Gasteiger partial charge in [0.2, 0.25) is 0 Å². The van der Waals surface area contributed by atoms with Crippen molar-refractivity contribution in [1.82, 2.24) is 15.1 Å². The molecule has 0 unspecified atom stereocenters. The fourth-order valence-electron chi connectivity index (χ4n) is 1.56. The monoisotopic (exact) mass is 279 g/mol. The van der Waals surface area contributed by atoms with Crippen LogP contribution in [-0.2, 0) is 4.74 Å². The van der Waals surface area contributed by atoms with Crippen molar-refractivity contribution in [1.29, 1.82) is 0 Å². The van der Waals surface area contributed by atoms with E-state index in [0.29, 0.717) is 23.9 Å². The molecule has 0 bridgehead atoms. The molecule has 0 aliphatic heterocycles. The maximum absolute atomic E-state index is 11.8. The molecule has 2 rings (SSSR count). The summed E-state index contributed by atoms with van der Waals surface area (Å²) in [6.07, 6.45) is 1.72. The first-order valence-corrected chi connectivity index (χ1v) is 6.17. The Balaban J connectivity index is 2.08. The summed E-state index contributed by atoms with van der Waals surface area (Å²) in [6, 6.07) is 8.92. The maximum atomic E-state index is 11.8. The molecule has 1 N–H and O–H groups in total. The average Bonchev–Trinajstić information content (AvgIpc) is 2.88. The third kappa shape index (κ3) is 3.56. The Morgan fingerprint density at radius 1 is 1.47 bits per heavy atom. The number of hydrogen-bond donors (Lipinski definition) is 1. The highest BCUT2D eigenvalue weighted by molar-refractivity contribution is 6.30. The van der Waals surface area contributed by atoms with Crippen LogP contribution in [0.4, 0.5) is 0 Å². The number of methoxy groups -OCH3 is 1. The van der Waals surface area contributed by atoms with Gasteiger partial charge in [0.25, 0.3) is 5.91 Å². The number of nitrogens with one attached hydrogen (secondary N) is 1. The van der Waals surface area contributed by atoms with E-state index in [0.717, 1.165) is 5.69 Å². The first-order valence-electron chi connectivity index (χ1n) is 5.79. The smallest absolute Gasteiger partial charge is 0.271 e. The number of rotatable bonds is 5. The van der Waals surface area contributed by atoms with Gasteiger partial charge in [-0.25, -0.2) is 4.68 Å². The predicted octanol–water partition coefficient (Wildman–Crippen LogP) is 1.90. The van der Waals surface area contributed by atoms with Crippen LogP contribution in [0.15, 0.2) is 36.5 Å². The van der Waals surface area contributed by atoms with E-state index >= 15 is 0 Å². The van der Waals surface area contributed by atoms with Gasteiger partial charge in [0, 0.05) is 24.9 Å². The molecule has 0 aliphatic rings. The second-order valence-electron chi connectivity index (χ2n) is 3.87. The summed E-state index contributed by atoms with van der Waals surface area (Å²) in [6.45, 7) is 0.931. The van der Waals surface area contributed by atoms with E-state index in [1.807, 2.05) is 12.1 Å². The molecule has 1 aromatic heterocycles. The molecular weight excluding hydrogens is 266 g/mol. The van der Waals surface area contributed by atoms with Gasteiger partial charge in [-0.2, -0.15) is 5.10 Å². The lowest BCUT2D eigenvalue weighted by Crippen LogP contribution is -2.27. The van der Waals surface area contributed by atoms with Crippen LogP contribution in [0.25, 0.3) is 5.69 Å². The van der Waals surface area contributed by atoms with Gasteiger partial charge in [-0.15, -0.1) is 0 Å². The Labute approximate surface area is 116 Å². The van der Waals surface area contributed by atoms with Gasteiger partial charge >= 0.3 is 0 Å². The molecule has 0 saturated carbocycles. The number of nitrogens with zero attached hydrogens (tertiary/aromatic N) is 2. The highest BCUT2D eigenvalue weighted by Gasteiger charge is 2.09. The molecule has 0 atom stereocenters. The largest absolute Gasteiger partial charge is 0.383 e.